The number of hydrogen-bond donors (Lipinski definition) is 1. The zero-order chi connectivity index (χ0) is 16.8. The lowest BCUT2D eigenvalue weighted by Crippen LogP contribution is -2.23. The van der Waals surface area contributed by atoms with Crippen molar-refractivity contribution in [2.75, 3.05) is 0 Å². The van der Waals surface area contributed by atoms with Crippen LogP contribution in [0.2, 0.25) is 0 Å². The van der Waals surface area contributed by atoms with Crippen LogP contribution in [0.5, 0.6) is 0 Å². The standard InChI is InChI=1S/C18H16FN3OS/c19-15-3-1-13(2-4-15)11-21-17(23)6-5-16-12-24-18(22-16)14-7-9-20-10-8-14/h1-4,7-10,12H,5-6,11H2,(H,21,23). The highest BCUT2D eigenvalue weighted by Crippen LogP contribution is 2.23. The van der Waals surface area contributed by atoms with Gasteiger partial charge in [0.05, 0.1) is 5.69 Å². The first-order valence-corrected chi connectivity index (χ1v) is 8.44. The zero-order valence-electron chi connectivity index (χ0n) is 12.9. The number of aryl methyl sites for hydroxylation is 1. The zero-order valence-corrected chi connectivity index (χ0v) is 13.7. The summed E-state index contributed by atoms with van der Waals surface area (Å²) in [6.45, 7) is 0.401. The molecule has 0 spiro atoms. The SMILES string of the molecule is O=C(CCc1csc(-c2ccncc2)n1)NCc1ccc(F)cc1. The third-order valence-electron chi connectivity index (χ3n) is 3.49. The second-order valence-electron chi connectivity index (χ2n) is 5.28. The highest BCUT2D eigenvalue weighted by atomic mass is 32.1. The maximum Gasteiger partial charge on any atom is 0.220 e. The van der Waals surface area contributed by atoms with E-state index in [-0.39, 0.29) is 11.7 Å². The number of nitrogens with zero attached hydrogens (tertiary/aromatic N) is 2. The lowest BCUT2D eigenvalue weighted by atomic mass is 10.2. The van der Waals surface area contributed by atoms with Gasteiger partial charge in [-0.25, -0.2) is 9.37 Å². The van der Waals surface area contributed by atoms with Crippen LogP contribution >= 0.6 is 11.3 Å². The summed E-state index contributed by atoms with van der Waals surface area (Å²) in [5.41, 5.74) is 2.81. The first-order chi connectivity index (χ1) is 11.7. The van der Waals surface area contributed by atoms with Crippen molar-refractivity contribution in [1.29, 1.82) is 0 Å². The molecule has 122 valence electrons. The van der Waals surface area contributed by atoms with Crippen LogP contribution in [0.4, 0.5) is 4.39 Å². The maximum absolute atomic E-state index is 12.8. The van der Waals surface area contributed by atoms with Gasteiger partial charge in [0, 0.05) is 36.3 Å². The number of carbonyl (C=O) groups is 1. The Hall–Kier alpha value is -2.60. The number of hydrogen-bond acceptors (Lipinski definition) is 4. The predicted molar refractivity (Wildman–Crippen MR) is 91.9 cm³/mol. The topological polar surface area (TPSA) is 54.9 Å². The molecule has 3 aromatic rings. The van der Waals surface area contributed by atoms with Crippen LogP contribution in [0.25, 0.3) is 10.6 Å². The molecule has 0 atom stereocenters. The molecule has 0 aliphatic heterocycles. The van der Waals surface area contributed by atoms with Crippen LogP contribution in [0.15, 0.2) is 54.2 Å². The van der Waals surface area contributed by atoms with Crippen LogP contribution in [0.3, 0.4) is 0 Å². The third kappa shape index (κ3) is 4.45. The summed E-state index contributed by atoms with van der Waals surface area (Å²) in [6.07, 6.45) is 4.44. The number of rotatable bonds is 6. The Morgan fingerprint density at radius 2 is 1.88 bits per heavy atom. The second kappa shape index (κ2) is 7.79. The molecule has 2 aromatic heterocycles. The van der Waals surface area contributed by atoms with Gasteiger partial charge in [0.15, 0.2) is 0 Å². The first kappa shape index (κ1) is 16.3. The van der Waals surface area contributed by atoms with Crippen molar-refractivity contribution >= 4 is 17.2 Å². The molecule has 0 aliphatic carbocycles. The number of benzene rings is 1. The molecule has 3 rings (SSSR count). The molecular formula is C18H16FN3OS. The Morgan fingerprint density at radius 1 is 1.12 bits per heavy atom. The van der Waals surface area contributed by atoms with E-state index >= 15 is 0 Å². The normalized spacial score (nSPS) is 10.5. The molecule has 0 unspecified atom stereocenters. The van der Waals surface area contributed by atoms with Crippen LogP contribution in [-0.4, -0.2) is 15.9 Å². The molecule has 6 heteroatoms. The van der Waals surface area contributed by atoms with Gasteiger partial charge in [-0.3, -0.25) is 9.78 Å². The first-order valence-electron chi connectivity index (χ1n) is 7.56. The Labute approximate surface area is 143 Å². The molecule has 0 saturated carbocycles. The number of pyridine rings is 1. The summed E-state index contributed by atoms with van der Waals surface area (Å²) in [5.74, 6) is -0.323. The van der Waals surface area contributed by atoms with E-state index in [9.17, 15) is 9.18 Å². The average molecular weight is 341 g/mol. The van der Waals surface area contributed by atoms with E-state index in [0.717, 1.165) is 21.8 Å². The summed E-state index contributed by atoms with van der Waals surface area (Å²) in [7, 11) is 0. The number of nitrogens with one attached hydrogen (secondary N) is 1. The summed E-state index contributed by atoms with van der Waals surface area (Å²) in [4.78, 5) is 20.5. The van der Waals surface area contributed by atoms with E-state index in [0.29, 0.717) is 19.4 Å². The molecule has 24 heavy (non-hydrogen) atoms. The summed E-state index contributed by atoms with van der Waals surface area (Å²) >= 11 is 1.56. The fourth-order valence-electron chi connectivity index (χ4n) is 2.18. The van der Waals surface area contributed by atoms with Gasteiger partial charge in [0.2, 0.25) is 5.91 Å². The summed E-state index contributed by atoms with van der Waals surface area (Å²) in [5, 5.41) is 5.74. The molecule has 4 nitrogen and oxygen atoms in total. The Bertz CT molecular complexity index is 803. The molecule has 0 aliphatic rings. The van der Waals surface area contributed by atoms with Crippen molar-refractivity contribution in [3.63, 3.8) is 0 Å². The molecule has 0 radical (unpaired) electrons. The number of halogens is 1. The number of aromatic nitrogens is 2. The van der Waals surface area contributed by atoms with Crippen LogP contribution in [0.1, 0.15) is 17.7 Å². The van der Waals surface area contributed by atoms with E-state index in [1.807, 2.05) is 17.5 Å². The van der Waals surface area contributed by atoms with Crippen molar-refractivity contribution in [1.82, 2.24) is 15.3 Å². The Morgan fingerprint density at radius 3 is 2.62 bits per heavy atom. The number of amides is 1. The minimum atomic E-state index is -0.279. The van der Waals surface area contributed by atoms with E-state index < -0.39 is 0 Å². The molecule has 0 fully saturated rings. The van der Waals surface area contributed by atoms with Gasteiger partial charge in [0.25, 0.3) is 0 Å². The van der Waals surface area contributed by atoms with Crippen molar-refractivity contribution in [2.45, 2.75) is 19.4 Å². The molecule has 1 aromatic carbocycles. The second-order valence-corrected chi connectivity index (χ2v) is 6.14. The highest BCUT2D eigenvalue weighted by Gasteiger charge is 2.07. The lowest BCUT2D eigenvalue weighted by molar-refractivity contribution is -0.121. The highest BCUT2D eigenvalue weighted by molar-refractivity contribution is 7.13. The van der Waals surface area contributed by atoms with Gasteiger partial charge in [-0.15, -0.1) is 11.3 Å². The summed E-state index contributed by atoms with van der Waals surface area (Å²) < 4.78 is 12.8. The van der Waals surface area contributed by atoms with E-state index in [2.05, 4.69) is 15.3 Å². The number of thiazole rings is 1. The van der Waals surface area contributed by atoms with Gasteiger partial charge in [-0.1, -0.05) is 12.1 Å². The molecule has 0 bridgehead atoms. The van der Waals surface area contributed by atoms with Crippen LogP contribution < -0.4 is 5.32 Å². The number of carbonyl (C=O) groups excluding carboxylic acids is 1. The Balaban J connectivity index is 1.48. The van der Waals surface area contributed by atoms with Gasteiger partial charge in [-0.05, 0) is 36.2 Å². The summed E-state index contributed by atoms with van der Waals surface area (Å²) in [6, 6.07) is 9.93. The van der Waals surface area contributed by atoms with E-state index in [4.69, 9.17) is 0 Å². The molecule has 0 saturated heterocycles. The predicted octanol–water partition coefficient (Wildman–Crippen LogP) is 3.59. The van der Waals surface area contributed by atoms with Crippen molar-refractivity contribution in [3.8, 4) is 10.6 Å². The minimum Gasteiger partial charge on any atom is -0.352 e. The van der Waals surface area contributed by atoms with Crippen LogP contribution in [-0.2, 0) is 17.8 Å². The fraction of sp³-hybridized carbons (Fsp3) is 0.167. The quantitative estimate of drug-likeness (QED) is 0.745. The molecule has 2 heterocycles. The van der Waals surface area contributed by atoms with E-state index in [1.54, 1.807) is 35.9 Å². The molecule has 1 N–H and O–H groups in total. The van der Waals surface area contributed by atoms with E-state index in [1.165, 1.54) is 12.1 Å². The fourth-order valence-corrected chi connectivity index (χ4v) is 3.04. The van der Waals surface area contributed by atoms with Gasteiger partial charge < -0.3 is 5.32 Å². The smallest absolute Gasteiger partial charge is 0.220 e. The van der Waals surface area contributed by atoms with Crippen LogP contribution in [0, 0.1) is 5.82 Å². The largest absolute Gasteiger partial charge is 0.352 e. The molecule has 1 amide bonds. The van der Waals surface area contributed by atoms with Crippen molar-refractivity contribution in [2.24, 2.45) is 0 Å². The van der Waals surface area contributed by atoms with Gasteiger partial charge in [0.1, 0.15) is 10.8 Å². The minimum absolute atomic E-state index is 0.0437. The maximum atomic E-state index is 12.8. The molecular weight excluding hydrogens is 325 g/mol. The van der Waals surface area contributed by atoms with Crippen molar-refractivity contribution < 1.29 is 9.18 Å². The van der Waals surface area contributed by atoms with Gasteiger partial charge >= 0.3 is 0 Å². The van der Waals surface area contributed by atoms with Crippen molar-refractivity contribution in [3.05, 3.63) is 71.2 Å². The monoisotopic (exact) mass is 341 g/mol. The van der Waals surface area contributed by atoms with Gasteiger partial charge in [-0.2, -0.15) is 0 Å². The Kier molecular flexibility index (Phi) is 5.28. The third-order valence-corrected chi connectivity index (χ3v) is 4.43. The lowest BCUT2D eigenvalue weighted by Gasteiger charge is -2.04. The average Bonchev–Trinajstić information content (AvgIpc) is 3.09.